The summed E-state index contributed by atoms with van der Waals surface area (Å²) in [6.07, 6.45) is 1.57. The van der Waals surface area contributed by atoms with Crippen molar-refractivity contribution in [2.45, 2.75) is 6.42 Å². The van der Waals surface area contributed by atoms with Gasteiger partial charge in [-0.15, -0.1) is 0 Å². The zero-order valence-electron chi connectivity index (χ0n) is 11.8. The fourth-order valence-electron chi connectivity index (χ4n) is 2.47. The molecule has 0 bridgehead atoms. The number of aromatic nitrogens is 3. The van der Waals surface area contributed by atoms with Crippen molar-refractivity contribution < 1.29 is 9.18 Å². The molecule has 1 aromatic carbocycles. The highest BCUT2D eigenvalue weighted by molar-refractivity contribution is 6.31. The van der Waals surface area contributed by atoms with Gasteiger partial charge >= 0.3 is 0 Å². The van der Waals surface area contributed by atoms with E-state index in [4.69, 9.17) is 11.6 Å². The Bertz CT molecular complexity index is 655. The summed E-state index contributed by atoms with van der Waals surface area (Å²) >= 11 is 6.00. The first-order chi connectivity index (χ1) is 10.6. The van der Waals surface area contributed by atoms with E-state index in [1.54, 1.807) is 4.90 Å². The Morgan fingerprint density at radius 3 is 2.77 bits per heavy atom. The van der Waals surface area contributed by atoms with E-state index in [2.05, 4.69) is 15.2 Å². The van der Waals surface area contributed by atoms with Crippen LogP contribution in [0.2, 0.25) is 5.02 Å². The van der Waals surface area contributed by atoms with E-state index >= 15 is 0 Å². The highest BCUT2D eigenvalue weighted by Gasteiger charge is 2.23. The first-order valence-corrected chi connectivity index (χ1v) is 7.33. The summed E-state index contributed by atoms with van der Waals surface area (Å²) in [4.78, 5) is 20.2. The molecule has 2 aromatic rings. The van der Waals surface area contributed by atoms with Crippen molar-refractivity contribution in [2.24, 2.45) is 0 Å². The molecule has 1 saturated heterocycles. The molecule has 0 atom stereocenters. The van der Waals surface area contributed by atoms with Crippen LogP contribution in [-0.4, -0.2) is 52.2 Å². The maximum Gasteiger partial charge on any atom is 0.227 e. The Morgan fingerprint density at radius 1 is 1.32 bits per heavy atom. The van der Waals surface area contributed by atoms with Gasteiger partial charge in [0.2, 0.25) is 11.9 Å². The van der Waals surface area contributed by atoms with E-state index in [1.807, 2.05) is 4.90 Å². The number of amides is 1. The standard InChI is InChI=1S/C14H15ClFN5O/c15-12-2-1-11(16)7-10(12)8-13(22)20-3-5-21(6-4-20)14-17-9-18-19-14/h1-2,7,9H,3-6,8H2,(H,17,18,19). The quantitative estimate of drug-likeness (QED) is 0.929. The number of halogens is 2. The van der Waals surface area contributed by atoms with E-state index in [0.717, 1.165) is 0 Å². The summed E-state index contributed by atoms with van der Waals surface area (Å²) in [6.45, 7) is 2.54. The Hall–Kier alpha value is -2.15. The molecule has 1 aliphatic heterocycles. The van der Waals surface area contributed by atoms with Gasteiger partial charge < -0.3 is 9.80 Å². The van der Waals surface area contributed by atoms with Crippen molar-refractivity contribution in [2.75, 3.05) is 31.1 Å². The van der Waals surface area contributed by atoms with E-state index in [-0.39, 0.29) is 18.1 Å². The van der Waals surface area contributed by atoms with Gasteiger partial charge in [0.15, 0.2) is 0 Å². The smallest absolute Gasteiger partial charge is 0.227 e. The second kappa shape index (κ2) is 6.31. The first kappa shape index (κ1) is 14.8. The third-order valence-electron chi connectivity index (χ3n) is 3.68. The van der Waals surface area contributed by atoms with Crippen LogP contribution >= 0.6 is 11.6 Å². The van der Waals surface area contributed by atoms with Crippen LogP contribution in [0.1, 0.15) is 5.56 Å². The fourth-order valence-corrected chi connectivity index (χ4v) is 2.66. The lowest BCUT2D eigenvalue weighted by molar-refractivity contribution is -0.130. The maximum atomic E-state index is 13.2. The van der Waals surface area contributed by atoms with Crippen molar-refractivity contribution in [1.82, 2.24) is 20.1 Å². The summed E-state index contributed by atoms with van der Waals surface area (Å²) in [5.41, 5.74) is 0.518. The third kappa shape index (κ3) is 3.19. The topological polar surface area (TPSA) is 65.1 Å². The Labute approximate surface area is 131 Å². The van der Waals surface area contributed by atoms with Crippen molar-refractivity contribution in [1.29, 1.82) is 0 Å². The van der Waals surface area contributed by atoms with Gasteiger partial charge in [-0.1, -0.05) is 11.6 Å². The number of H-pyrrole nitrogens is 1. The van der Waals surface area contributed by atoms with Gasteiger partial charge in [0.05, 0.1) is 6.42 Å². The number of carbonyl (C=O) groups is 1. The lowest BCUT2D eigenvalue weighted by atomic mass is 10.1. The molecule has 0 radical (unpaired) electrons. The molecule has 1 amide bonds. The van der Waals surface area contributed by atoms with Crippen LogP contribution in [0.4, 0.5) is 10.3 Å². The van der Waals surface area contributed by atoms with Gasteiger partial charge in [0.1, 0.15) is 12.1 Å². The van der Waals surface area contributed by atoms with Gasteiger partial charge in [-0.25, -0.2) is 9.49 Å². The molecule has 1 aromatic heterocycles. The molecule has 3 rings (SSSR count). The van der Waals surface area contributed by atoms with Crippen molar-refractivity contribution in [3.63, 3.8) is 0 Å². The average molecular weight is 324 g/mol. The molecule has 0 spiro atoms. The number of anilines is 1. The average Bonchev–Trinajstić information content (AvgIpc) is 3.05. The van der Waals surface area contributed by atoms with E-state index in [9.17, 15) is 9.18 Å². The highest BCUT2D eigenvalue weighted by atomic mass is 35.5. The second-order valence-corrected chi connectivity index (χ2v) is 5.50. The van der Waals surface area contributed by atoms with Crippen LogP contribution in [0.3, 0.4) is 0 Å². The SMILES string of the molecule is O=C(Cc1cc(F)ccc1Cl)N1CCN(c2ncn[nH]2)CC1. The number of rotatable bonds is 3. The van der Waals surface area contributed by atoms with Gasteiger partial charge in [-0.2, -0.15) is 10.1 Å². The monoisotopic (exact) mass is 323 g/mol. The minimum Gasteiger partial charge on any atom is -0.339 e. The van der Waals surface area contributed by atoms with E-state index in [0.29, 0.717) is 42.7 Å². The van der Waals surface area contributed by atoms with E-state index < -0.39 is 0 Å². The molecule has 1 aliphatic rings. The summed E-state index contributed by atoms with van der Waals surface area (Å²) in [5, 5.41) is 7.04. The summed E-state index contributed by atoms with van der Waals surface area (Å²) in [7, 11) is 0. The number of carbonyl (C=O) groups excluding carboxylic acids is 1. The molecule has 0 saturated carbocycles. The molecule has 0 aliphatic carbocycles. The Morgan fingerprint density at radius 2 is 2.09 bits per heavy atom. The molecule has 22 heavy (non-hydrogen) atoms. The number of hydrogen-bond acceptors (Lipinski definition) is 4. The molecular weight excluding hydrogens is 309 g/mol. The predicted octanol–water partition coefficient (Wildman–Crippen LogP) is 1.49. The lowest BCUT2D eigenvalue weighted by Crippen LogP contribution is -2.49. The lowest BCUT2D eigenvalue weighted by Gasteiger charge is -2.34. The normalized spacial score (nSPS) is 15.2. The number of nitrogens with one attached hydrogen (secondary N) is 1. The van der Waals surface area contributed by atoms with Crippen LogP contribution < -0.4 is 4.90 Å². The van der Waals surface area contributed by atoms with E-state index in [1.165, 1.54) is 24.5 Å². The van der Waals surface area contributed by atoms with Crippen LogP contribution in [0, 0.1) is 5.82 Å². The zero-order chi connectivity index (χ0) is 15.5. The summed E-state index contributed by atoms with van der Waals surface area (Å²) < 4.78 is 13.2. The zero-order valence-corrected chi connectivity index (χ0v) is 12.6. The highest BCUT2D eigenvalue weighted by Crippen LogP contribution is 2.19. The molecule has 2 heterocycles. The first-order valence-electron chi connectivity index (χ1n) is 6.95. The number of hydrogen-bond donors (Lipinski definition) is 1. The van der Waals surface area contributed by atoms with Gasteiger partial charge in [0.25, 0.3) is 0 Å². The Kier molecular flexibility index (Phi) is 4.24. The minimum atomic E-state index is -0.387. The maximum absolute atomic E-state index is 13.2. The minimum absolute atomic E-state index is 0.0512. The number of nitrogens with zero attached hydrogens (tertiary/aromatic N) is 4. The van der Waals surface area contributed by atoms with Crippen molar-refractivity contribution >= 4 is 23.5 Å². The fraction of sp³-hybridized carbons (Fsp3) is 0.357. The van der Waals surface area contributed by atoms with Crippen molar-refractivity contribution in [3.8, 4) is 0 Å². The van der Waals surface area contributed by atoms with Crippen LogP contribution in [0.5, 0.6) is 0 Å². The number of benzene rings is 1. The molecular formula is C14H15ClFN5O. The molecule has 6 nitrogen and oxygen atoms in total. The van der Waals surface area contributed by atoms with Gasteiger partial charge in [-0.05, 0) is 23.8 Å². The Balaban J connectivity index is 1.59. The molecule has 116 valence electrons. The predicted molar refractivity (Wildman–Crippen MR) is 80.3 cm³/mol. The summed E-state index contributed by atoms with van der Waals surface area (Å²) in [6, 6.07) is 4.07. The van der Waals surface area contributed by atoms with Crippen LogP contribution in [-0.2, 0) is 11.2 Å². The third-order valence-corrected chi connectivity index (χ3v) is 4.05. The molecule has 1 fully saturated rings. The van der Waals surface area contributed by atoms with Crippen LogP contribution in [0.25, 0.3) is 0 Å². The molecule has 0 unspecified atom stereocenters. The largest absolute Gasteiger partial charge is 0.339 e. The summed E-state index contributed by atoms with van der Waals surface area (Å²) in [5.74, 6) is 0.271. The van der Waals surface area contributed by atoms with Crippen molar-refractivity contribution in [3.05, 3.63) is 40.9 Å². The number of piperazine rings is 1. The second-order valence-electron chi connectivity index (χ2n) is 5.09. The molecule has 8 heteroatoms. The van der Waals surface area contributed by atoms with Gasteiger partial charge in [0, 0.05) is 31.2 Å². The number of aromatic amines is 1. The van der Waals surface area contributed by atoms with Gasteiger partial charge in [-0.3, -0.25) is 4.79 Å². The molecule has 1 N–H and O–H groups in total. The van der Waals surface area contributed by atoms with Crippen LogP contribution in [0.15, 0.2) is 24.5 Å².